The van der Waals surface area contributed by atoms with Crippen molar-refractivity contribution in [2.45, 2.75) is 0 Å². The Balaban J connectivity index is 1.25. The van der Waals surface area contributed by atoms with Gasteiger partial charge in [0.25, 0.3) is 5.91 Å². The smallest absolute Gasteiger partial charge is 0.270 e. The molecule has 30 heavy (non-hydrogen) atoms. The zero-order valence-corrected chi connectivity index (χ0v) is 16.2. The van der Waals surface area contributed by atoms with E-state index in [1.165, 1.54) is 0 Å². The van der Waals surface area contributed by atoms with E-state index in [4.69, 9.17) is 18.9 Å². The van der Waals surface area contributed by atoms with Crippen molar-refractivity contribution in [3.8, 4) is 46.1 Å². The van der Waals surface area contributed by atoms with Crippen molar-refractivity contribution in [2.75, 3.05) is 27.1 Å². The van der Waals surface area contributed by atoms with Crippen molar-refractivity contribution in [3.05, 3.63) is 54.2 Å². The predicted molar refractivity (Wildman–Crippen MR) is 109 cm³/mol. The number of aromatic amines is 1. The fraction of sp³-hybridized carbons (Fsp3) is 0.182. The summed E-state index contributed by atoms with van der Waals surface area (Å²) >= 11 is 0. The molecule has 0 atom stereocenters. The normalized spacial score (nSPS) is 11.4. The van der Waals surface area contributed by atoms with Gasteiger partial charge in [-0.25, -0.2) is 0 Å². The summed E-state index contributed by atoms with van der Waals surface area (Å²) < 4.78 is 21.3. The summed E-state index contributed by atoms with van der Waals surface area (Å²) in [4.78, 5) is 12.2. The molecule has 1 aliphatic rings. The van der Waals surface area contributed by atoms with Gasteiger partial charge in [-0.2, -0.15) is 5.10 Å². The number of nitrogens with one attached hydrogen (secondary N) is 2. The lowest BCUT2D eigenvalue weighted by Crippen LogP contribution is -2.24. The Bertz CT molecular complexity index is 1110. The molecule has 0 radical (unpaired) electrons. The molecule has 2 aromatic carbocycles. The number of carbonyl (C=O) groups excluding carboxylic acids is 1. The Morgan fingerprint density at radius 3 is 2.93 bits per heavy atom. The molecule has 2 heterocycles. The van der Waals surface area contributed by atoms with Gasteiger partial charge in [0, 0.05) is 11.6 Å². The monoisotopic (exact) mass is 405 g/mol. The van der Waals surface area contributed by atoms with Gasteiger partial charge in [0.15, 0.2) is 11.5 Å². The number of ether oxygens (including phenoxy) is 4. The van der Waals surface area contributed by atoms with Crippen molar-refractivity contribution < 1.29 is 23.7 Å². The van der Waals surface area contributed by atoms with Gasteiger partial charge >= 0.3 is 0 Å². The first-order chi connectivity index (χ1) is 14.7. The van der Waals surface area contributed by atoms with E-state index in [0.717, 1.165) is 11.3 Å². The molecule has 1 aliphatic heterocycles. The third-order valence-electron chi connectivity index (χ3n) is 4.31. The Kier molecular flexibility index (Phi) is 5.71. The van der Waals surface area contributed by atoms with Crippen LogP contribution >= 0.6 is 0 Å². The number of nitrogens with zero attached hydrogens (tertiary/aromatic N) is 1. The van der Waals surface area contributed by atoms with Crippen molar-refractivity contribution in [3.63, 3.8) is 0 Å². The second kappa shape index (κ2) is 8.92. The highest BCUT2D eigenvalue weighted by atomic mass is 16.7. The summed E-state index contributed by atoms with van der Waals surface area (Å²) in [6, 6.07) is 14.5. The summed E-state index contributed by atoms with van der Waals surface area (Å²) in [5.74, 6) is 8.13. The molecular weight excluding hydrogens is 386 g/mol. The molecule has 2 N–H and O–H groups in total. The lowest BCUT2D eigenvalue weighted by molar-refractivity contribution is 0.0953. The lowest BCUT2D eigenvalue weighted by atomic mass is 10.1. The van der Waals surface area contributed by atoms with Gasteiger partial charge in [0.05, 0.1) is 19.3 Å². The van der Waals surface area contributed by atoms with E-state index < -0.39 is 0 Å². The van der Waals surface area contributed by atoms with E-state index >= 15 is 0 Å². The van der Waals surface area contributed by atoms with E-state index in [2.05, 4.69) is 27.4 Å². The number of aromatic nitrogens is 2. The fourth-order valence-electron chi connectivity index (χ4n) is 2.79. The minimum Gasteiger partial charge on any atom is -0.497 e. The first-order valence-corrected chi connectivity index (χ1v) is 9.19. The number of H-pyrrole nitrogens is 1. The number of carbonyl (C=O) groups is 1. The molecule has 0 bridgehead atoms. The minimum absolute atomic E-state index is 0.191. The van der Waals surface area contributed by atoms with Crippen LogP contribution in [0.5, 0.6) is 23.0 Å². The van der Waals surface area contributed by atoms with Gasteiger partial charge in [-0.15, -0.1) is 0 Å². The Labute approximate surface area is 173 Å². The molecule has 8 heteroatoms. The lowest BCUT2D eigenvalue weighted by Gasteiger charge is -2.02. The van der Waals surface area contributed by atoms with Crippen LogP contribution in [-0.2, 0) is 0 Å². The van der Waals surface area contributed by atoms with Crippen molar-refractivity contribution in [1.29, 1.82) is 0 Å². The van der Waals surface area contributed by atoms with Crippen LogP contribution in [0.4, 0.5) is 0 Å². The van der Waals surface area contributed by atoms with Gasteiger partial charge in [-0.1, -0.05) is 24.0 Å². The molecule has 8 nitrogen and oxygen atoms in total. The minimum atomic E-state index is -0.289. The summed E-state index contributed by atoms with van der Waals surface area (Å²) in [5.41, 5.74) is 1.86. The Morgan fingerprint density at radius 1 is 1.13 bits per heavy atom. The van der Waals surface area contributed by atoms with Crippen LogP contribution in [0, 0.1) is 11.8 Å². The van der Waals surface area contributed by atoms with Crippen LogP contribution in [-0.4, -0.2) is 43.2 Å². The number of hydrogen-bond donors (Lipinski definition) is 2. The predicted octanol–water partition coefficient (Wildman–Crippen LogP) is 2.63. The van der Waals surface area contributed by atoms with E-state index in [1.807, 2.05) is 24.3 Å². The maximum atomic E-state index is 12.2. The van der Waals surface area contributed by atoms with Gasteiger partial charge < -0.3 is 24.3 Å². The van der Waals surface area contributed by atoms with Crippen LogP contribution in [0.1, 0.15) is 10.5 Å². The first-order valence-electron chi connectivity index (χ1n) is 9.19. The molecule has 0 saturated carbocycles. The number of hydrogen-bond acceptors (Lipinski definition) is 6. The van der Waals surface area contributed by atoms with Crippen molar-refractivity contribution >= 4 is 5.91 Å². The number of benzene rings is 2. The number of methoxy groups -OCH3 is 1. The quantitative estimate of drug-likeness (QED) is 0.613. The van der Waals surface area contributed by atoms with E-state index in [0.29, 0.717) is 28.6 Å². The fourth-order valence-corrected chi connectivity index (χ4v) is 2.79. The summed E-state index contributed by atoms with van der Waals surface area (Å²) in [6.45, 7) is 0.603. The zero-order valence-electron chi connectivity index (χ0n) is 16.2. The van der Waals surface area contributed by atoms with Gasteiger partial charge in [-0.05, 0) is 30.3 Å². The summed E-state index contributed by atoms with van der Waals surface area (Å²) in [7, 11) is 1.60. The second-order valence-electron chi connectivity index (χ2n) is 6.24. The largest absolute Gasteiger partial charge is 0.497 e. The molecule has 0 aliphatic carbocycles. The Morgan fingerprint density at radius 2 is 2.03 bits per heavy atom. The van der Waals surface area contributed by atoms with Crippen LogP contribution in [0.15, 0.2) is 48.5 Å². The third kappa shape index (κ3) is 4.47. The highest BCUT2D eigenvalue weighted by Crippen LogP contribution is 2.35. The molecule has 0 fully saturated rings. The van der Waals surface area contributed by atoms with Crippen LogP contribution in [0.2, 0.25) is 0 Å². The molecule has 1 amide bonds. The van der Waals surface area contributed by atoms with E-state index in [9.17, 15) is 4.79 Å². The average molecular weight is 405 g/mol. The molecule has 0 spiro atoms. The highest BCUT2D eigenvalue weighted by Gasteiger charge is 2.13. The van der Waals surface area contributed by atoms with Crippen LogP contribution < -0.4 is 24.3 Å². The average Bonchev–Trinajstić information content (AvgIpc) is 3.45. The van der Waals surface area contributed by atoms with E-state index in [1.54, 1.807) is 31.4 Å². The highest BCUT2D eigenvalue weighted by molar-refractivity contribution is 5.93. The molecular formula is C22H19N3O5. The molecule has 152 valence electrons. The maximum absolute atomic E-state index is 12.2. The number of rotatable bonds is 6. The van der Waals surface area contributed by atoms with Gasteiger partial charge in [-0.3, -0.25) is 9.89 Å². The molecule has 0 unspecified atom stereocenters. The number of fused-ring (bicyclic) bond motifs is 1. The standard InChI is InChI=1S/C22H19N3O5/c1-27-16-6-4-5-15(11-16)18-13-19(25-24-18)22(26)23-9-2-3-10-28-17-7-8-20-21(12-17)30-14-29-20/h4-8,11-13H,9-10,14H2,1H3,(H,23,26)(H,24,25). The summed E-state index contributed by atoms with van der Waals surface area (Å²) in [6.07, 6.45) is 0. The third-order valence-corrected chi connectivity index (χ3v) is 4.31. The topological polar surface area (TPSA) is 94.7 Å². The first kappa shape index (κ1) is 19.2. The van der Waals surface area contributed by atoms with Crippen LogP contribution in [0.3, 0.4) is 0 Å². The van der Waals surface area contributed by atoms with E-state index in [-0.39, 0.29) is 25.9 Å². The maximum Gasteiger partial charge on any atom is 0.270 e. The van der Waals surface area contributed by atoms with Gasteiger partial charge in [0.1, 0.15) is 23.8 Å². The van der Waals surface area contributed by atoms with Crippen molar-refractivity contribution in [1.82, 2.24) is 15.5 Å². The summed E-state index contributed by atoms with van der Waals surface area (Å²) in [5, 5.41) is 9.64. The molecule has 3 aromatic rings. The Hall–Kier alpha value is -4.12. The zero-order chi connectivity index (χ0) is 20.8. The van der Waals surface area contributed by atoms with Gasteiger partial charge in [0.2, 0.25) is 6.79 Å². The molecule has 1 aromatic heterocycles. The number of amides is 1. The van der Waals surface area contributed by atoms with Crippen LogP contribution in [0.25, 0.3) is 11.3 Å². The van der Waals surface area contributed by atoms with Crippen molar-refractivity contribution in [2.24, 2.45) is 0 Å². The second-order valence-corrected chi connectivity index (χ2v) is 6.24. The molecule has 4 rings (SSSR count). The SMILES string of the molecule is COc1cccc(-c2cc(C(=O)NCC#CCOc3ccc4c(c3)OCO4)[nH]n2)c1. The molecule has 0 saturated heterocycles.